The summed E-state index contributed by atoms with van der Waals surface area (Å²) in [6.45, 7) is 0. The molecular formula is C17H17ClN2O3. The van der Waals surface area contributed by atoms with Crippen LogP contribution in [-0.2, 0) is 11.2 Å². The molecule has 6 heteroatoms. The number of para-hydroxylation sites is 1. The van der Waals surface area contributed by atoms with E-state index in [1.54, 1.807) is 31.4 Å². The number of hydrogen-bond acceptors (Lipinski definition) is 3. The summed E-state index contributed by atoms with van der Waals surface area (Å²) in [5.74, 6) is 0.0658. The molecule has 2 rings (SSSR count). The Morgan fingerprint density at radius 1 is 1.04 bits per heavy atom. The lowest BCUT2D eigenvalue weighted by Crippen LogP contribution is -2.41. The summed E-state index contributed by atoms with van der Waals surface area (Å²) in [6, 6.07) is 13.9. The number of ether oxygens (including phenoxy) is 1. The molecule has 120 valence electrons. The highest BCUT2D eigenvalue weighted by atomic mass is 35.5. The lowest BCUT2D eigenvalue weighted by Gasteiger charge is -2.09. The van der Waals surface area contributed by atoms with Gasteiger partial charge < -0.3 is 4.74 Å². The third-order valence-electron chi connectivity index (χ3n) is 3.24. The van der Waals surface area contributed by atoms with Crippen LogP contribution in [0.4, 0.5) is 0 Å². The predicted octanol–water partition coefficient (Wildman–Crippen LogP) is 2.74. The maximum absolute atomic E-state index is 11.8. The van der Waals surface area contributed by atoms with Crippen LogP contribution >= 0.6 is 11.6 Å². The van der Waals surface area contributed by atoms with Crippen LogP contribution in [0.2, 0.25) is 5.02 Å². The molecule has 0 fully saturated rings. The molecule has 0 unspecified atom stereocenters. The molecule has 0 aliphatic rings. The fraction of sp³-hybridized carbons (Fsp3) is 0.176. The van der Waals surface area contributed by atoms with Gasteiger partial charge in [0, 0.05) is 17.0 Å². The average molecular weight is 333 g/mol. The Morgan fingerprint density at radius 3 is 2.43 bits per heavy atom. The second-order valence-electron chi connectivity index (χ2n) is 4.82. The number of hydrazine groups is 1. The minimum Gasteiger partial charge on any atom is -0.496 e. The van der Waals surface area contributed by atoms with Gasteiger partial charge in [0.2, 0.25) is 5.91 Å². The average Bonchev–Trinajstić information content (AvgIpc) is 2.58. The van der Waals surface area contributed by atoms with Crippen LogP contribution in [0.1, 0.15) is 22.3 Å². The molecule has 23 heavy (non-hydrogen) atoms. The van der Waals surface area contributed by atoms with Gasteiger partial charge in [0.25, 0.3) is 5.91 Å². The number of amides is 2. The molecule has 0 bridgehead atoms. The monoisotopic (exact) mass is 332 g/mol. The molecule has 2 aromatic rings. The van der Waals surface area contributed by atoms with Gasteiger partial charge in [-0.2, -0.15) is 0 Å². The van der Waals surface area contributed by atoms with Gasteiger partial charge in [0.15, 0.2) is 0 Å². The second kappa shape index (κ2) is 8.19. The molecule has 0 spiro atoms. The van der Waals surface area contributed by atoms with Crippen molar-refractivity contribution in [3.8, 4) is 5.75 Å². The lowest BCUT2D eigenvalue weighted by atomic mass is 10.1. The molecule has 2 N–H and O–H groups in total. The maximum atomic E-state index is 11.8. The topological polar surface area (TPSA) is 67.4 Å². The van der Waals surface area contributed by atoms with Crippen molar-refractivity contribution in [2.45, 2.75) is 12.8 Å². The summed E-state index contributed by atoms with van der Waals surface area (Å²) >= 11 is 5.76. The van der Waals surface area contributed by atoms with E-state index in [0.717, 1.165) is 11.3 Å². The number of carbonyl (C=O) groups excluding carboxylic acids is 2. The third-order valence-corrected chi connectivity index (χ3v) is 3.49. The molecule has 0 heterocycles. The van der Waals surface area contributed by atoms with Crippen molar-refractivity contribution >= 4 is 23.4 Å². The van der Waals surface area contributed by atoms with Gasteiger partial charge >= 0.3 is 0 Å². The van der Waals surface area contributed by atoms with Crippen molar-refractivity contribution in [3.05, 3.63) is 64.7 Å². The number of carbonyl (C=O) groups is 2. The van der Waals surface area contributed by atoms with Crippen molar-refractivity contribution in [1.29, 1.82) is 0 Å². The fourth-order valence-electron chi connectivity index (χ4n) is 2.02. The first kappa shape index (κ1) is 16.8. The zero-order valence-electron chi connectivity index (χ0n) is 12.6. The van der Waals surface area contributed by atoms with Gasteiger partial charge in [-0.1, -0.05) is 29.8 Å². The van der Waals surface area contributed by atoms with E-state index in [1.165, 1.54) is 0 Å². The molecule has 2 aromatic carbocycles. The zero-order chi connectivity index (χ0) is 16.7. The standard InChI is InChI=1S/C17H17ClN2O3/c1-23-15-5-3-2-4-12(15)8-11-16(21)19-20-17(22)13-6-9-14(18)10-7-13/h2-7,9-10H,8,11H2,1H3,(H,19,21)(H,20,22). The van der Waals surface area contributed by atoms with Crippen LogP contribution in [0, 0.1) is 0 Å². The Balaban J connectivity index is 1.81. The Hall–Kier alpha value is -2.53. The quantitative estimate of drug-likeness (QED) is 0.827. The highest BCUT2D eigenvalue weighted by Crippen LogP contribution is 2.18. The van der Waals surface area contributed by atoms with Crippen molar-refractivity contribution in [2.75, 3.05) is 7.11 Å². The summed E-state index contributed by atoms with van der Waals surface area (Å²) in [5.41, 5.74) is 6.12. The van der Waals surface area contributed by atoms with E-state index < -0.39 is 5.91 Å². The Morgan fingerprint density at radius 2 is 1.74 bits per heavy atom. The Bertz CT molecular complexity index is 686. The summed E-state index contributed by atoms with van der Waals surface area (Å²) in [4.78, 5) is 23.7. The van der Waals surface area contributed by atoms with Gasteiger partial charge in [0.05, 0.1) is 7.11 Å². The number of nitrogens with one attached hydrogen (secondary N) is 2. The van der Waals surface area contributed by atoms with Crippen LogP contribution in [0.5, 0.6) is 5.75 Å². The number of rotatable bonds is 5. The second-order valence-corrected chi connectivity index (χ2v) is 5.26. The van der Waals surface area contributed by atoms with Crippen molar-refractivity contribution in [1.82, 2.24) is 10.9 Å². The first-order chi connectivity index (χ1) is 11.1. The molecule has 0 atom stereocenters. The van der Waals surface area contributed by atoms with Gasteiger partial charge in [-0.3, -0.25) is 20.4 Å². The van der Waals surface area contributed by atoms with Gasteiger partial charge in [-0.05, 0) is 42.3 Å². The number of benzene rings is 2. The summed E-state index contributed by atoms with van der Waals surface area (Å²) < 4.78 is 5.23. The third kappa shape index (κ3) is 5.00. The number of methoxy groups -OCH3 is 1. The summed E-state index contributed by atoms with van der Waals surface area (Å²) in [6.07, 6.45) is 0.758. The smallest absolute Gasteiger partial charge is 0.269 e. The normalized spacial score (nSPS) is 10.0. The van der Waals surface area contributed by atoms with E-state index in [4.69, 9.17) is 16.3 Å². The van der Waals surface area contributed by atoms with E-state index in [0.29, 0.717) is 17.0 Å². The van der Waals surface area contributed by atoms with Crippen LogP contribution in [0.25, 0.3) is 0 Å². The molecule has 0 aromatic heterocycles. The number of aryl methyl sites for hydroxylation is 1. The molecule has 2 amide bonds. The molecule has 5 nitrogen and oxygen atoms in total. The van der Waals surface area contributed by atoms with Crippen molar-refractivity contribution in [3.63, 3.8) is 0 Å². The van der Waals surface area contributed by atoms with Crippen LogP contribution in [0.3, 0.4) is 0 Å². The van der Waals surface area contributed by atoms with E-state index in [1.807, 2.05) is 24.3 Å². The van der Waals surface area contributed by atoms with Gasteiger partial charge in [-0.25, -0.2) is 0 Å². The highest BCUT2D eigenvalue weighted by Gasteiger charge is 2.09. The van der Waals surface area contributed by atoms with Crippen LogP contribution in [-0.4, -0.2) is 18.9 Å². The Kier molecular flexibility index (Phi) is 6.00. The largest absolute Gasteiger partial charge is 0.496 e. The number of hydrogen-bond donors (Lipinski definition) is 2. The van der Waals surface area contributed by atoms with E-state index in [-0.39, 0.29) is 12.3 Å². The molecular weight excluding hydrogens is 316 g/mol. The molecule has 0 aliphatic heterocycles. The van der Waals surface area contributed by atoms with Crippen molar-refractivity contribution in [2.24, 2.45) is 0 Å². The zero-order valence-corrected chi connectivity index (χ0v) is 13.4. The minimum atomic E-state index is -0.396. The van der Waals surface area contributed by atoms with E-state index in [2.05, 4.69) is 10.9 Å². The van der Waals surface area contributed by atoms with E-state index in [9.17, 15) is 9.59 Å². The van der Waals surface area contributed by atoms with Crippen molar-refractivity contribution < 1.29 is 14.3 Å². The molecule has 0 saturated carbocycles. The lowest BCUT2D eigenvalue weighted by molar-refractivity contribution is -0.121. The minimum absolute atomic E-state index is 0.237. The van der Waals surface area contributed by atoms with Crippen LogP contribution in [0.15, 0.2) is 48.5 Å². The Labute approximate surface area is 139 Å². The first-order valence-corrected chi connectivity index (χ1v) is 7.44. The van der Waals surface area contributed by atoms with Crippen LogP contribution < -0.4 is 15.6 Å². The molecule has 0 radical (unpaired) electrons. The number of halogens is 1. The van der Waals surface area contributed by atoms with E-state index >= 15 is 0 Å². The molecule has 0 saturated heterocycles. The van der Waals surface area contributed by atoms with Gasteiger partial charge in [-0.15, -0.1) is 0 Å². The molecule has 0 aliphatic carbocycles. The summed E-state index contributed by atoms with van der Waals surface area (Å²) in [5, 5.41) is 0.544. The SMILES string of the molecule is COc1ccccc1CCC(=O)NNC(=O)c1ccc(Cl)cc1. The highest BCUT2D eigenvalue weighted by molar-refractivity contribution is 6.30. The predicted molar refractivity (Wildman–Crippen MR) is 88.4 cm³/mol. The maximum Gasteiger partial charge on any atom is 0.269 e. The fourth-order valence-corrected chi connectivity index (χ4v) is 2.15. The first-order valence-electron chi connectivity index (χ1n) is 7.07. The summed E-state index contributed by atoms with van der Waals surface area (Å²) in [7, 11) is 1.59. The van der Waals surface area contributed by atoms with Gasteiger partial charge in [0.1, 0.15) is 5.75 Å².